The van der Waals surface area contributed by atoms with Crippen LogP contribution in [0, 0.1) is 0 Å². The zero-order chi connectivity index (χ0) is 13.5. The van der Waals surface area contributed by atoms with Gasteiger partial charge >= 0.3 is 0 Å². The summed E-state index contributed by atoms with van der Waals surface area (Å²) in [5.74, 6) is 1.72. The largest absolute Gasteiger partial charge is 0.497 e. The van der Waals surface area contributed by atoms with Crippen LogP contribution in [0.4, 0.5) is 0 Å². The van der Waals surface area contributed by atoms with Gasteiger partial charge in [-0.25, -0.2) is 4.98 Å². The van der Waals surface area contributed by atoms with E-state index in [2.05, 4.69) is 15.7 Å². The topological polar surface area (TPSA) is 43.4 Å². The van der Waals surface area contributed by atoms with Crippen molar-refractivity contribution in [3.05, 3.63) is 40.3 Å². The number of rotatable bonds is 7. The SMILES string of the molecule is COc1ccc(OC)c(CNCCc2cscn2)c1. The van der Waals surface area contributed by atoms with E-state index in [4.69, 9.17) is 9.47 Å². The molecule has 2 rings (SSSR count). The minimum absolute atomic E-state index is 0.754. The molecular weight excluding hydrogens is 260 g/mol. The minimum Gasteiger partial charge on any atom is -0.497 e. The molecule has 0 aliphatic carbocycles. The highest BCUT2D eigenvalue weighted by atomic mass is 32.1. The maximum Gasteiger partial charge on any atom is 0.123 e. The molecule has 19 heavy (non-hydrogen) atoms. The van der Waals surface area contributed by atoms with Gasteiger partial charge in [0.25, 0.3) is 0 Å². The molecule has 0 aliphatic heterocycles. The first-order valence-corrected chi connectivity index (χ1v) is 7.06. The zero-order valence-corrected chi connectivity index (χ0v) is 12.0. The van der Waals surface area contributed by atoms with E-state index in [9.17, 15) is 0 Å². The van der Waals surface area contributed by atoms with Crippen molar-refractivity contribution < 1.29 is 9.47 Å². The molecule has 2 aromatic rings. The summed E-state index contributed by atoms with van der Waals surface area (Å²) in [5, 5.41) is 5.47. The van der Waals surface area contributed by atoms with E-state index < -0.39 is 0 Å². The molecule has 0 unspecified atom stereocenters. The lowest BCUT2D eigenvalue weighted by Gasteiger charge is -2.11. The number of methoxy groups -OCH3 is 2. The van der Waals surface area contributed by atoms with Gasteiger partial charge in [0, 0.05) is 30.5 Å². The van der Waals surface area contributed by atoms with E-state index in [1.165, 1.54) is 0 Å². The van der Waals surface area contributed by atoms with E-state index in [1.54, 1.807) is 25.6 Å². The van der Waals surface area contributed by atoms with Crippen LogP contribution in [-0.4, -0.2) is 25.7 Å². The Morgan fingerprint density at radius 2 is 2.16 bits per heavy atom. The molecule has 0 spiro atoms. The summed E-state index contributed by atoms with van der Waals surface area (Å²) in [7, 11) is 3.35. The first-order valence-electron chi connectivity index (χ1n) is 6.12. The predicted octanol–water partition coefficient (Wildman–Crippen LogP) is 2.49. The van der Waals surface area contributed by atoms with Crippen LogP contribution in [0.3, 0.4) is 0 Å². The lowest BCUT2D eigenvalue weighted by molar-refractivity contribution is 0.397. The first kappa shape index (κ1) is 13.8. The fraction of sp³-hybridized carbons (Fsp3) is 0.357. The molecule has 0 amide bonds. The molecule has 0 atom stereocenters. The summed E-state index contributed by atoms with van der Waals surface area (Å²) in [4.78, 5) is 4.26. The second-order valence-electron chi connectivity index (χ2n) is 4.08. The molecule has 0 saturated heterocycles. The van der Waals surface area contributed by atoms with Crippen LogP contribution in [0.15, 0.2) is 29.1 Å². The van der Waals surface area contributed by atoms with Gasteiger partial charge in [0.1, 0.15) is 11.5 Å². The van der Waals surface area contributed by atoms with E-state index in [1.807, 2.05) is 23.7 Å². The molecule has 0 radical (unpaired) electrons. The fourth-order valence-electron chi connectivity index (χ4n) is 1.82. The van der Waals surface area contributed by atoms with Crippen molar-refractivity contribution in [2.24, 2.45) is 0 Å². The maximum absolute atomic E-state index is 5.34. The van der Waals surface area contributed by atoms with Gasteiger partial charge in [0.05, 0.1) is 25.4 Å². The Kier molecular flexibility index (Phi) is 5.18. The summed E-state index contributed by atoms with van der Waals surface area (Å²) in [6, 6.07) is 5.82. The van der Waals surface area contributed by atoms with Crippen LogP contribution in [0.2, 0.25) is 0 Å². The Bertz CT molecular complexity index is 500. The predicted molar refractivity (Wildman–Crippen MR) is 77.1 cm³/mol. The smallest absolute Gasteiger partial charge is 0.123 e. The number of hydrogen-bond acceptors (Lipinski definition) is 5. The van der Waals surface area contributed by atoms with Gasteiger partial charge in [-0.05, 0) is 18.2 Å². The van der Waals surface area contributed by atoms with E-state index >= 15 is 0 Å². The number of benzene rings is 1. The molecule has 0 fully saturated rings. The Morgan fingerprint density at radius 3 is 2.84 bits per heavy atom. The van der Waals surface area contributed by atoms with Crippen LogP contribution in [0.1, 0.15) is 11.3 Å². The zero-order valence-electron chi connectivity index (χ0n) is 11.2. The molecule has 1 heterocycles. The number of nitrogens with zero attached hydrogens (tertiary/aromatic N) is 1. The summed E-state index contributed by atoms with van der Waals surface area (Å²) < 4.78 is 10.6. The minimum atomic E-state index is 0.754. The first-order chi connectivity index (χ1) is 9.33. The van der Waals surface area contributed by atoms with E-state index in [0.717, 1.165) is 42.3 Å². The van der Waals surface area contributed by atoms with E-state index in [-0.39, 0.29) is 0 Å². The van der Waals surface area contributed by atoms with Gasteiger partial charge in [-0.15, -0.1) is 11.3 Å². The van der Waals surface area contributed by atoms with Crippen molar-refractivity contribution in [2.75, 3.05) is 20.8 Å². The van der Waals surface area contributed by atoms with Crippen molar-refractivity contribution in [1.82, 2.24) is 10.3 Å². The second kappa shape index (κ2) is 7.11. The Hall–Kier alpha value is -1.59. The Balaban J connectivity index is 1.87. The van der Waals surface area contributed by atoms with Crippen LogP contribution in [-0.2, 0) is 13.0 Å². The number of nitrogens with one attached hydrogen (secondary N) is 1. The summed E-state index contributed by atoms with van der Waals surface area (Å²) >= 11 is 1.63. The highest BCUT2D eigenvalue weighted by Gasteiger charge is 2.04. The van der Waals surface area contributed by atoms with Gasteiger partial charge in [0.2, 0.25) is 0 Å². The van der Waals surface area contributed by atoms with Gasteiger partial charge in [-0.1, -0.05) is 0 Å². The number of hydrogen-bond donors (Lipinski definition) is 1. The molecule has 0 bridgehead atoms. The van der Waals surface area contributed by atoms with Crippen molar-refractivity contribution in [2.45, 2.75) is 13.0 Å². The fourth-order valence-corrected chi connectivity index (χ4v) is 2.41. The average Bonchev–Trinajstić information content (AvgIpc) is 2.96. The lowest BCUT2D eigenvalue weighted by atomic mass is 10.2. The monoisotopic (exact) mass is 278 g/mol. The second-order valence-corrected chi connectivity index (χ2v) is 4.80. The van der Waals surface area contributed by atoms with Crippen LogP contribution >= 0.6 is 11.3 Å². The third-order valence-electron chi connectivity index (χ3n) is 2.84. The molecule has 0 aliphatic rings. The van der Waals surface area contributed by atoms with Crippen molar-refractivity contribution >= 4 is 11.3 Å². The van der Waals surface area contributed by atoms with Crippen molar-refractivity contribution in [1.29, 1.82) is 0 Å². The highest BCUT2D eigenvalue weighted by molar-refractivity contribution is 7.07. The molecule has 102 valence electrons. The van der Waals surface area contributed by atoms with Crippen LogP contribution < -0.4 is 14.8 Å². The normalized spacial score (nSPS) is 10.4. The van der Waals surface area contributed by atoms with Crippen LogP contribution in [0.5, 0.6) is 11.5 Å². The summed E-state index contributed by atoms with van der Waals surface area (Å²) in [6.07, 6.45) is 0.940. The standard InChI is InChI=1S/C14H18N2O2S/c1-17-13-3-4-14(18-2)11(7-13)8-15-6-5-12-9-19-10-16-12/h3-4,7,9-10,15H,5-6,8H2,1-2H3. The molecule has 5 heteroatoms. The molecule has 1 aromatic carbocycles. The van der Waals surface area contributed by atoms with Gasteiger partial charge in [-0.3, -0.25) is 0 Å². The molecule has 1 N–H and O–H groups in total. The van der Waals surface area contributed by atoms with Crippen molar-refractivity contribution in [3.8, 4) is 11.5 Å². The highest BCUT2D eigenvalue weighted by Crippen LogP contribution is 2.23. The molecule has 0 saturated carbocycles. The molecule has 1 aromatic heterocycles. The number of thiazole rings is 1. The van der Waals surface area contributed by atoms with Gasteiger partial charge < -0.3 is 14.8 Å². The summed E-state index contributed by atoms with van der Waals surface area (Å²) in [6.45, 7) is 1.65. The van der Waals surface area contributed by atoms with Crippen LogP contribution in [0.25, 0.3) is 0 Å². The lowest BCUT2D eigenvalue weighted by Crippen LogP contribution is -2.17. The third-order valence-corrected chi connectivity index (χ3v) is 3.48. The van der Waals surface area contributed by atoms with Crippen molar-refractivity contribution in [3.63, 3.8) is 0 Å². The van der Waals surface area contributed by atoms with Gasteiger partial charge in [-0.2, -0.15) is 0 Å². The van der Waals surface area contributed by atoms with E-state index in [0.29, 0.717) is 0 Å². The quantitative estimate of drug-likeness (QED) is 0.790. The summed E-state index contributed by atoms with van der Waals surface area (Å²) in [5.41, 5.74) is 4.09. The molecular formula is C14H18N2O2S. The number of ether oxygens (including phenoxy) is 2. The average molecular weight is 278 g/mol. The van der Waals surface area contributed by atoms with Gasteiger partial charge in [0.15, 0.2) is 0 Å². The Labute approximate surface area is 117 Å². The maximum atomic E-state index is 5.34. The number of aromatic nitrogens is 1. The Morgan fingerprint density at radius 1 is 1.26 bits per heavy atom. The molecule has 4 nitrogen and oxygen atoms in total. The third kappa shape index (κ3) is 3.94.